The molecule has 0 aromatic heterocycles. The third-order valence-corrected chi connectivity index (χ3v) is 30.1. The number of hydrogen-bond donors (Lipinski definition) is 2. The number of ether oxygens (including phenoxy) is 9. The molecule has 2 aromatic rings. The molecule has 103 heavy (non-hydrogen) atoms. The SMILES string of the molecule is CC/C=C\C(C)[C@H](O)[C@@H](C)[C@H](O[Si](C)(C)C(C)(C)C)[C@@H](C)C/C(C)=C\[C@H](C)[C@@H](OCOC)C(C)/C=C\c1ccc2c(c1)N(COC)C(=O)CO2.CC/C=C\C(C)[C@H](OC(N)=O)[C@@H](C)[C@H](O[Si](C)(C)C(C)(C)C)[C@@H](C)C/C(C)=C\[C@H](C)[C@@H](OCOC)C(C)/C=C\c1ccc2c(c1)N(COC)C(=O)CO2. The van der Waals surface area contributed by atoms with Gasteiger partial charge in [-0.2, -0.15) is 0 Å². The Morgan fingerprint density at radius 2 is 0.913 bits per heavy atom. The van der Waals surface area contributed by atoms with Crippen molar-refractivity contribution in [3.05, 3.63) is 107 Å². The Morgan fingerprint density at radius 3 is 1.26 bits per heavy atom. The van der Waals surface area contributed by atoms with Crippen molar-refractivity contribution in [3.63, 3.8) is 0 Å². The molecule has 0 spiro atoms. The van der Waals surface area contributed by atoms with Gasteiger partial charge in [-0.3, -0.25) is 19.4 Å². The lowest BCUT2D eigenvalue weighted by Gasteiger charge is -2.44. The van der Waals surface area contributed by atoms with Crippen LogP contribution in [0.3, 0.4) is 0 Å². The molecule has 2 heterocycles. The minimum atomic E-state index is -2.21. The molecule has 0 saturated carbocycles. The van der Waals surface area contributed by atoms with Gasteiger partial charge >= 0.3 is 6.09 Å². The van der Waals surface area contributed by atoms with Gasteiger partial charge in [-0.05, 0) is 123 Å². The highest BCUT2D eigenvalue weighted by molar-refractivity contribution is 6.74. The number of anilines is 2. The molecule has 16 atom stereocenters. The second-order valence-electron chi connectivity index (χ2n) is 32.3. The van der Waals surface area contributed by atoms with Crippen LogP contribution in [0.5, 0.6) is 11.5 Å². The zero-order valence-corrected chi connectivity index (χ0v) is 70.7. The predicted octanol–water partition coefficient (Wildman–Crippen LogP) is 18.6. The highest BCUT2D eigenvalue weighted by Crippen LogP contribution is 2.44. The highest BCUT2D eigenvalue weighted by Gasteiger charge is 2.46. The number of allylic oxidation sites excluding steroid dienone is 4. The summed E-state index contributed by atoms with van der Waals surface area (Å²) in [7, 11) is 2.10. The molecule has 2 aliphatic heterocycles. The van der Waals surface area contributed by atoms with E-state index in [9.17, 15) is 19.5 Å². The summed E-state index contributed by atoms with van der Waals surface area (Å²) in [4.78, 5) is 40.3. The van der Waals surface area contributed by atoms with Gasteiger partial charge in [0.15, 0.2) is 29.8 Å². The zero-order valence-electron chi connectivity index (χ0n) is 68.7. The number of benzene rings is 2. The van der Waals surface area contributed by atoms with Crippen molar-refractivity contribution in [1.29, 1.82) is 0 Å². The number of nitrogens with two attached hydrogens (primary N) is 1. The van der Waals surface area contributed by atoms with Crippen molar-refractivity contribution in [3.8, 4) is 11.5 Å². The van der Waals surface area contributed by atoms with E-state index < -0.39 is 34.9 Å². The molecular weight excluding hydrogens is 1340 g/mol. The Kier molecular flexibility index (Phi) is 38.9. The van der Waals surface area contributed by atoms with Gasteiger partial charge in [-0.25, -0.2) is 4.79 Å². The average Bonchev–Trinajstić information content (AvgIpc) is 0.820. The van der Waals surface area contributed by atoms with Crippen LogP contribution in [0.2, 0.25) is 36.3 Å². The van der Waals surface area contributed by atoms with Crippen LogP contribution in [-0.4, -0.2) is 145 Å². The lowest BCUT2D eigenvalue weighted by atomic mass is 9.81. The lowest BCUT2D eigenvalue weighted by Crippen LogP contribution is -2.50. The van der Waals surface area contributed by atoms with Gasteiger partial charge in [0.25, 0.3) is 11.8 Å². The second kappa shape index (κ2) is 43.5. The summed E-state index contributed by atoms with van der Waals surface area (Å²) in [6.07, 6.45) is 22.8. The Bertz CT molecular complexity index is 3090. The molecule has 0 saturated heterocycles. The number of carbonyl (C=O) groups excluding carboxylic acids is 3. The number of fused-ring (bicyclic) bond motifs is 2. The van der Waals surface area contributed by atoms with Crippen LogP contribution in [0, 0.1) is 59.2 Å². The molecular formula is C83H139N3O15Si2. The Hall–Kier alpha value is -5.24. The predicted molar refractivity (Wildman–Crippen MR) is 426 cm³/mol. The van der Waals surface area contributed by atoms with E-state index in [4.69, 9.17) is 57.2 Å². The van der Waals surface area contributed by atoms with E-state index in [0.29, 0.717) is 22.9 Å². The summed E-state index contributed by atoms with van der Waals surface area (Å²) in [5.41, 5.74) is 11.4. The number of hydrogen-bond acceptors (Lipinski definition) is 15. The van der Waals surface area contributed by atoms with Crippen molar-refractivity contribution < 1.29 is 71.0 Å². The smallest absolute Gasteiger partial charge is 0.404 e. The molecule has 2 aliphatic rings. The van der Waals surface area contributed by atoms with Crippen LogP contribution in [0.1, 0.15) is 175 Å². The number of nitrogens with zero attached hydrogens (tertiary/aromatic N) is 2. The number of amides is 3. The van der Waals surface area contributed by atoms with Crippen molar-refractivity contribution in [2.75, 3.05) is 78.5 Å². The van der Waals surface area contributed by atoms with Crippen LogP contribution in [0.4, 0.5) is 16.2 Å². The normalized spacial score (nSPS) is 19.2. The Labute approximate surface area is 625 Å². The molecule has 0 bridgehead atoms. The third-order valence-electron chi connectivity index (χ3n) is 21.1. The summed E-state index contributed by atoms with van der Waals surface area (Å²) in [5, 5.41) is 11.5. The molecule has 4 unspecified atom stereocenters. The zero-order chi connectivity index (χ0) is 77.9. The van der Waals surface area contributed by atoms with Gasteiger partial charge in [-0.15, -0.1) is 0 Å². The monoisotopic (exact) mass is 1470 g/mol. The molecule has 20 heteroatoms. The van der Waals surface area contributed by atoms with E-state index in [-0.39, 0.29) is 146 Å². The summed E-state index contributed by atoms with van der Waals surface area (Å²) >= 11 is 0. The standard InChI is InChI=1S/C42H70N2O8Si.C41H69NO7Si/c1-15-16-17-29(3)39(51-41(43)46)33(7)40(52-53(13,14)42(8,9)10)32(6)23-28(2)22-31(5)38(50-27-48-12)30(4)18-19-34-20-21-36-35(24-34)44(26-47-11)37(45)25-49-36;1-15-16-17-29(3)38(44)33(7)40(49-50(13,14)41(8,9)10)32(6)23-28(2)22-31(5)39(48-27-46-12)30(4)18-19-34-20-21-36-35(24-34)42(26-45-11)37(43)25-47-36/h16-22,24,29-33,38-40H,15,23,25-27H2,1-14H3,(H2,43,46);16-22,24,29-33,38-40,44H,15,23,25-27H2,1-14H3/b2*17-16-,19-18-,28-22-/t2*29?,30?,31-,32-,33+,38-,39-,40+/m00/s1. The molecule has 0 radical (unpaired) electrons. The first-order valence-corrected chi connectivity index (χ1v) is 43.3. The maximum Gasteiger partial charge on any atom is 0.404 e. The van der Waals surface area contributed by atoms with Gasteiger partial charge in [0.2, 0.25) is 0 Å². The highest BCUT2D eigenvalue weighted by atomic mass is 28.4. The molecule has 4 rings (SSSR count). The van der Waals surface area contributed by atoms with Crippen molar-refractivity contribution >= 4 is 58.1 Å². The van der Waals surface area contributed by atoms with E-state index in [1.807, 2.05) is 36.4 Å². The van der Waals surface area contributed by atoms with Gasteiger partial charge in [0, 0.05) is 75.8 Å². The van der Waals surface area contributed by atoms with Gasteiger partial charge in [-0.1, -0.05) is 209 Å². The number of primary amides is 1. The molecule has 2 aromatic carbocycles. The quantitative estimate of drug-likeness (QED) is 0.0361. The molecule has 18 nitrogen and oxygen atoms in total. The number of methoxy groups -OCH3 is 4. The van der Waals surface area contributed by atoms with Crippen LogP contribution in [-0.2, 0) is 51.6 Å². The van der Waals surface area contributed by atoms with E-state index >= 15 is 0 Å². The van der Waals surface area contributed by atoms with Crippen LogP contribution >= 0.6 is 0 Å². The summed E-state index contributed by atoms with van der Waals surface area (Å²) in [6, 6.07) is 11.6. The largest absolute Gasteiger partial charge is 0.482 e. The van der Waals surface area contributed by atoms with Gasteiger partial charge in [0.1, 0.15) is 44.7 Å². The van der Waals surface area contributed by atoms with E-state index in [0.717, 1.165) is 36.8 Å². The summed E-state index contributed by atoms with van der Waals surface area (Å²) in [6.45, 7) is 53.6. The van der Waals surface area contributed by atoms with E-state index in [1.54, 1.807) is 38.2 Å². The fourth-order valence-corrected chi connectivity index (χ4v) is 16.4. The Balaban J connectivity index is 0.000000536. The molecule has 584 valence electrons. The number of aliphatic hydroxyl groups is 1. The fraction of sp³-hybridized carbons (Fsp3) is 0.675. The van der Waals surface area contributed by atoms with Crippen LogP contribution < -0.4 is 25.0 Å². The van der Waals surface area contributed by atoms with Crippen molar-refractivity contribution in [2.45, 2.75) is 237 Å². The minimum absolute atomic E-state index is 0.00102. The molecule has 0 fully saturated rings. The van der Waals surface area contributed by atoms with Crippen molar-refractivity contribution in [2.24, 2.45) is 64.9 Å². The summed E-state index contributed by atoms with van der Waals surface area (Å²) < 4.78 is 65.2. The third kappa shape index (κ3) is 28.5. The molecule has 3 N–H and O–H groups in total. The molecule has 0 aliphatic carbocycles. The lowest BCUT2D eigenvalue weighted by molar-refractivity contribution is -0.123. The second-order valence-corrected chi connectivity index (χ2v) is 41.8. The number of aliphatic hydroxyl groups excluding tert-OH is 1. The maximum atomic E-state index is 12.5. The molecule has 3 amide bonds. The van der Waals surface area contributed by atoms with Crippen molar-refractivity contribution in [1.82, 2.24) is 0 Å². The minimum Gasteiger partial charge on any atom is -0.482 e. The average molecular weight is 1480 g/mol. The van der Waals surface area contributed by atoms with Gasteiger partial charge in [0.05, 0.1) is 41.9 Å². The maximum absolute atomic E-state index is 12.5. The van der Waals surface area contributed by atoms with Gasteiger partial charge < -0.3 is 62.3 Å². The first kappa shape index (κ1) is 92.0. The number of carbonyl (C=O) groups is 3. The van der Waals surface area contributed by atoms with E-state index in [1.165, 1.54) is 11.1 Å². The first-order valence-electron chi connectivity index (χ1n) is 37.5. The number of rotatable bonds is 41. The Morgan fingerprint density at radius 1 is 0.544 bits per heavy atom. The first-order chi connectivity index (χ1) is 48.1. The van der Waals surface area contributed by atoms with Crippen LogP contribution in [0.15, 0.2) is 96.2 Å². The van der Waals surface area contributed by atoms with E-state index in [2.05, 4.69) is 225 Å². The summed E-state index contributed by atoms with van der Waals surface area (Å²) in [5.74, 6) is 1.52. The van der Waals surface area contributed by atoms with Crippen LogP contribution in [0.25, 0.3) is 12.2 Å². The fourth-order valence-electron chi connectivity index (χ4n) is 13.4. The topological polar surface area (TPSA) is 205 Å².